The largest absolute Gasteiger partial charge is 0.468 e. The predicted molar refractivity (Wildman–Crippen MR) is 42.8 cm³/mol. The van der Waals surface area contributed by atoms with Crippen LogP contribution >= 0.6 is 11.5 Å². The van der Waals surface area contributed by atoms with Gasteiger partial charge in [0.05, 0.1) is 7.11 Å². The summed E-state index contributed by atoms with van der Waals surface area (Å²) >= 11 is 1.13. The Bertz CT molecular complexity index is 249. The summed E-state index contributed by atoms with van der Waals surface area (Å²) in [6.45, 7) is 1.89. The second-order valence-corrected chi connectivity index (χ2v) is 2.95. The number of methoxy groups -OCH3 is 1. The maximum absolute atomic E-state index is 11.1. The van der Waals surface area contributed by atoms with E-state index in [1.54, 1.807) is 0 Å². The molecule has 0 saturated heterocycles. The molecule has 6 heteroatoms. The van der Waals surface area contributed by atoms with Crippen molar-refractivity contribution in [3.05, 3.63) is 5.01 Å². The Morgan fingerprint density at radius 2 is 2.50 bits per heavy atom. The fourth-order valence-corrected chi connectivity index (χ4v) is 1.48. The lowest BCUT2D eigenvalue weighted by atomic mass is 10.1. The molecule has 0 spiro atoms. The van der Waals surface area contributed by atoms with Gasteiger partial charge in [-0.25, -0.2) is 0 Å². The first-order valence-electron chi connectivity index (χ1n) is 3.52. The van der Waals surface area contributed by atoms with Gasteiger partial charge in [0.2, 0.25) is 0 Å². The molecular formula is C6H9N3O2S. The van der Waals surface area contributed by atoms with E-state index in [0.29, 0.717) is 11.4 Å². The molecule has 0 bridgehead atoms. The molecule has 0 amide bonds. The van der Waals surface area contributed by atoms with Crippen molar-refractivity contribution in [2.75, 3.05) is 7.11 Å². The SMILES string of the molecule is CCC(C(=O)OC)c1nnns1. The molecule has 5 nitrogen and oxygen atoms in total. The Morgan fingerprint density at radius 3 is 2.92 bits per heavy atom. The van der Waals surface area contributed by atoms with Gasteiger partial charge in [-0.15, -0.1) is 5.10 Å². The van der Waals surface area contributed by atoms with Gasteiger partial charge in [0.1, 0.15) is 5.92 Å². The summed E-state index contributed by atoms with van der Waals surface area (Å²) in [5, 5.41) is 7.75. The van der Waals surface area contributed by atoms with Crippen LogP contribution in [0.5, 0.6) is 0 Å². The van der Waals surface area contributed by atoms with Crippen LogP contribution in [-0.2, 0) is 9.53 Å². The second kappa shape index (κ2) is 4.10. The monoisotopic (exact) mass is 187 g/mol. The highest BCUT2D eigenvalue weighted by atomic mass is 32.1. The molecule has 66 valence electrons. The molecule has 0 fully saturated rings. The standard InChI is InChI=1S/C6H9N3O2S/c1-3-4(6(10)11-2)5-7-8-9-12-5/h4H,3H2,1-2H3. The molecule has 0 aliphatic carbocycles. The summed E-state index contributed by atoms with van der Waals surface area (Å²) in [6.07, 6.45) is 0.656. The van der Waals surface area contributed by atoms with Crippen molar-refractivity contribution in [2.45, 2.75) is 19.3 Å². The van der Waals surface area contributed by atoms with Gasteiger partial charge < -0.3 is 4.74 Å². The van der Waals surface area contributed by atoms with E-state index in [0.717, 1.165) is 11.5 Å². The molecule has 1 aromatic heterocycles. The van der Waals surface area contributed by atoms with Crippen molar-refractivity contribution in [1.29, 1.82) is 0 Å². The first kappa shape index (κ1) is 9.05. The molecule has 1 rings (SSSR count). The zero-order valence-corrected chi connectivity index (χ0v) is 7.67. The van der Waals surface area contributed by atoms with Crippen molar-refractivity contribution in [2.24, 2.45) is 0 Å². The highest BCUT2D eigenvalue weighted by Crippen LogP contribution is 2.20. The molecule has 0 aliphatic heterocycles. The predicted octanol–water partition coefficient (Wildman–Crippen LogP) is 0.600. The van der Waals surface area contributed by atoms with Gasteiger partial charge in [0, 0.05) is 11.5 Å². The maximum Gasteiger partial charge on any atom is 0.315 e. The van der Waals surface area contributed by atoms with E-state index in [1.165, 1.54) is 7.11 Å². The van der Waals surface area contributed by atoms with Crippen LogP contribution < -0.4 is 0 Å². The van der Waals surface area contributed by atoms with Crippen molar-refractivity contribution < 1.29 is 9.53 Å². The summed E-state index contributed by atoms with van der Waals surface area (Å²) in [5.74, 6) is -0.592. The fourth-order valence-electron chi connectivity index (χ4n) is 0.858. The summed E-state index contributed by atoms with van der Waals surface area (Å²) in [4.78, 5) is 11.1. The Labute approximate surface area is 73.9 Å². The number of esters is 1. The number of carbonyl (C=O) groups excluding carboxylic acids is 1. The minimum absolute atomic E-state index is 0.281. The molecule has 0 N–H and O–H groups in total. The summed E-state index contributed by atoms with van der Waals surface area (Å²) in [7, 11) is 1.36. The van der Waals surface area contributed by atoms with E-state index < -0.39 is 0 Å². The van der Waals surface area contributed by atoms with Gasteiger partial charge in [-0.1, -0.05) is 11.4 Å². The number of ether oxygens (including phenoxy) is 1. The van der Waals surface area contributed by atoms with Crippen LogP contribution in [0.4, 0.5) is 0 Å². The fraction of sp³-hybridized carbons (Fsp3) is 0.667. The third kappa shape index (κ3) is 1.76. The van der Waals surface area contributed by atoms with E-state index in [1.807, 2.05) is 6.92 Å². The molecule has 12 heavy (non-hydrogen) atoms. The van der Waals surface area contributed by atoms with E-state index in [9.17, 15) is 4.79 Å². The first-order chi connectivity index (χ1) is 5.79. The van der Waals surface area contributed by atoms with Crippen molar-refractivity contribution >= 4 is 17.5 Å². The minimum Gasteiger partial charge on any atom is -0.468 e. The molecule has 1 heterocycles. The van der Waals surface area contributed by atoms with Crippen molar-refractivity contribution in [3.63, 3.8) is 0 Å². The van der Waals surface area contributed by atoms with Gasteiger partial charge in [0.25, 0.3) is 0 Å². The van der Waals surface area contributed by atoms with E-state index >= 15 is 0 Å². The zero-order chi connectivity index (χ0) is 8.97. The third-order valence-electron chi connectivity index (χ3n) is 1.51. The van der Waals surface area contributed by atoms with Gasteiger partial charge in [-0.2, -0.15) is 0 Å². The average molecular weight is 187 g/mol. The van der Waals surface area contributed by atoms with Crippen molar-refractivity contribution in [1.82, 2.24) is 14.8 Å². The molecular weight excluding hydrogens is 178 g/mol. The van der Waals surface area contributed by atoms with Crippen LogP contribution in [0.15, 0.2) is 0 Å². The van der Waals surface area contributed by atoms with Crippen LogP contribution in [-0.4, -0.2) is 27.9 Å². The second-order valence-electron chi connectivity index (χ2n) is 2.18. The molecule has 1 aromatic rings. The number of hydrogen-bond donors (Lipinski definition) is 0. The van der Waals surface area contributed by atoms with E-state index in [-0.39, 0.29) is 11.9 Å². The highest BCUT2D eigenvalue weighted by molar-refractivity contribution is 7.05. The highest BCUT2D eigenvalue weighted by Gasteiger charge is 2.22. The number of rotatable bonds is 3. The third-order valence-corrected chi connectivity index (χ3v) is 2.21. The lowest BCUT2D eigenvalue weighted by Gasteiger charge is -2.06. The molecule has 0 aliphatic rings. The molecule has 0 saturated carbocycles. The summed E-state index contributed by atoms with van der Waals surface area (Å²) < 4.78 is 8.18. The smallest absolute Gasteiger partial charge is 0.315 e. The van der Waals surface area contributed by atoms with E-state index in [4.69, 9.17) is 0 Å². The molecule has 0 aromatic carbocycles. The van der Waals surface area contributed by atoms with Gasteiger partial charge in [-0.3, -0.25) is 4.79 Å². The Balaban J connectivity index is 2.76. The lowest BCUT2D eigenvalue weighted by Crippen LogP contribution is -2.13. The van der Waals surface area contributed by atoms with Gasteiger partial charge in [0.15, 0.2) is 5.01 Å². The first-order valence-corrected chi connectivity index (χ1v) is 4.29. The van der Waals surface area contributed by atoms with Gasteiger partial charge >= 0.3 is 5.97 Å². The molecule has 1 unspecified atom stereocenters. The quantitative estimate of drug-likeness (QED) is 0.648. The summed E-state index contributed by atoms with van der Waals surface area (Å²) in [6, 6.07) is 0. The Hall–Kier alpha value is -1.04. The molecule has 0 radical (unpaired) electrons. The number of nitrogens with zero attached hydrogens (tertiary/aromatic N) is 3. The molecule has 1 atom stereocenters. The summed E-state index contributed by atoms with van der Waals surface area (Å²) in [5.41, 5.74) is 0. The number of aromatic nitrogens is 3. The van der Waals surface area contributed by atoms with Crippen LogP contribution in [0.1, 0.15) is 24.3 Å². The topological polar surface area (TPSA) is 65.0 Å². The maximum atomic E-state index is 11.1. The number of hydrogen-bond acceptors (Lipinski definition) is 6. The number of carbonyl (C=O) groups is 1. The van der Waals surface area contributed by atoms with Crippen LogP contribution in [0, 0.1) is 0 Å². The van der Waals surface area contributed by atoms with E-state index in [2.05, 4.69) is 19.5 Å². The van der Waals surface area contributed by atoms with Crippen molar-refractivity contribution in [3.8, 4) is 0 Å². The lowest BCUT2D eigenvalue weighted by molar-refractivity contribution is -0.142. The minimum atomic E-state index is -0.310. The average Bonchev–Trinajstić information content (AvgIpc) is 2.58. The van der Waals surface area contributed by atoms with Crippen LogP contribution in [0.2, 0.25) is 0 Å². The normalized spacial score (nSPS) is 12.5. The Morgan fingerprint density at radius 1 is 1.75 bits per heavy atom. The zero-order valence-electron chi connectivity index (χ0n) is 6.85. The van der Waals surface area contributed by atoms with Gasteiger partial charge in [-0.05, 0) is 11.6 Å². The van der Waals surface area contributed by atoms with Crippen LogP contribution in [0.3, 0.4) is 0 Å². The van der Waals surface area contributed by atoms with Crippen LogP contribution in [0.25, 0.3) is 0 Å². The Kier molecular flexibility index (Phi) is 3.09.